The lowest BCUT2D eigenvalue weighted by Gasteiger charge is -2.21. The number of carbonyl (C=O) groups is 1. The van der Waals surface area contributed by atoms with Crippen molar-refractivity contribution in [1.29, 1.82) is 0 Å². The Labute approximate surface area is 171 Å². The molecule has 142 valence electrons. The minimum atomic E-state index is -3.84. The number of sulfonamides is 1. The topological polar surface area (TPSA) is 66.5 Å². The summed E-state index contributed by atoms with van der Waals surface area (Å²) in [6, 6.07) is 8.13. The van der Waals surface area contributed by atoms with Crippen molar-refractivity contribution in [3.05, 3.63) is 49.6 Å². The van der Waals surface area contributed by atoms with Crippen molar-refractivity contribution in [3.63, 3.8) is 0 Å². The lowest BCUT2D eigenvalue weighted by Crippen LogP contribution is -2.40. The van der Waals surface area contributed by atoms with Crippen LogP contribution in [0.25, 0.3) is 0 Å². The number of amides is 1. The molecule has 0 bridgehead atoms. The van der Waals surface area contributed by atoms with Crippen molar-refractivity contribution < 1.29 is 13.2 Å². The van der Waals surface area contributed by atoms with Gasteiger partial charge in [-0.3, -0.25) is 4.79 Å². The summed E-state index contributed by atoms with van der Waals surface area (Å²) in [4.78, 5) is 15.1. The molecule has 0 radical (unpaired) electrons. The van der Waals surface area contributed by atoms with Crippen LogP contribution in [0.15, 0.2) is 39.0 Å². The number of nitrogens with one attached hydrogen (secondary N) is 1. The normalized spacial score (nSPS) is 12.2. The third-order valence-corrected chi connectivity index (χ3v) is 7.12. The molecule has 0 saturated heterocycles. The zero-order chi connectivity index (χ0) is 19.7. The average molecular weight is 480 g/mol. The fourth-order valence-corrected chi connectivity index (χ4v) is 5.75. The highest BCUT2D eigenvalue weighted by Gasteiger charge is 2.26. The highest BCUT2D eigenvalue weighted by Crippen LogP contribution is 2.26. The molecule has 0 saturated carbocycles. The quantitative estimate of drug-likeness (QED) is 0.686. The number of hydrogen-bond acceptors (Lipinski definition) is 4. The van der Waals surface area contributed by atoms with Gasteiger partial charge in [0.25, 0.3) is 5.91 Å². The van der Waals surface area contributed by atoms with E-state index in [1.54, 1.807) is 39.2 Å². The second-order valence-corrected chi connectivity index (χ2v) is 11.5. The standard InChI is InChI=1S/C17H20BrClN2O3S2/c1-17(2,3)20-26(23,24)14-9-11(5-7-13(14)19)16(22)21(4)10-12-6-8-15(18)25-12/h5-9,20H,10H2,1-4H3. The van der Waals surface area contributed by atoms with Crippen molar-refractivity contribution in [1.82, 2.24) is 9.62 Å². The summed E-state index contributed by atoms with van der Waals surface area (Å²) in [6.45, 7) is 5.64. The molecule has 0 atom stereocenters. The first-order chi connectivity index (χ1) is 11.9. The molecule has 0 fully saturated rings. The van der Waals surface area contributed by atoms with Gasteiger partial charge in [0, 0.05) is 23.0 Å². The Morgan fingerprint density at radius 1 is 1.27 bits per heavy atom. The summed E-state index contributed by atoms with van der Waals surface area (Å²) >= 11 is 11.0. The largest absolute Gasteiger partial charge is 0.337 e. The molecule has 0 aliphatic heterocycles. The highest BCUT2D eigenvalue weighted by molar-refractivity contribution is 9.11. The predicted molar refractivity (Wildman–Crippen MR) is 109 cm³/mol. The Balaban J connectivity index is 2.29. The van der Waals surface area contributed by atoms with E-state index in [4.69, 9.17) is 11.6 Å². The lowest BCUT2D eigenvalue weighted by atomic mass is 10.1. The summed E-state index contributed by atoms with van der Waals surface area (Å²) in [7, 11) is -2.17. The van der Waals surface area contributed by atoms with Gasteiger partial charge in [0.1, 0.15) is 4.90 Å². The summed E-state index contributed by atoms with van der Waals surface area (Å²) < 4.78 is 28.7. The van der Waals surface area contributed by atoms with Gasteiger partial charge in [0.2, 0.25) is 10.0 Å². The van der Waals surface area contributed by atoms with Crippen LogP contribution < -0.4 is 4.72 Å². The molecule has 0 aliphatic rings. The number of halogens is 2. The van der Waals surface area contributed by atoms with Gasteiger partial charge in [-0.25, -0.2) is 13.1 Å². The van der Waals surface area contributed by atoms with Crippen LogP contribution >= 0.6 is 38.9 Å². The predicted octanol–water partition coefficient (Wildman–Crippen LogP) is 4.51. The minimum Gasteiger partial charge on any atom is -0.337 e. The van der Waals surface area contributed by atoms with E-state index in [1.807, 2.05) is 12.1 Å². The number of hydrogen-bond donors (Lipinski definition) is 1. The van der Waals surface area contributed by atoms with Gasteiger partial charge in [-0.1, -0.05) is 11.6 Å². The molecule has 0 spiro atoms. The molecule has 1 N–H and O–H groups in total. The van der Waals surface area contributed by atoms with E-state index in [-0.39, 0.29) is 21.4 Å². The maximum Gasteiger partial charge on any atom is 0.253 e. The van der Waals surface area contributed by atoms with Gasteiger partial charge < -0.3 is 4.90 Å². The first-order valence-corrected chi connectivity index (χ1v) is 11.2. The van der Waals surface area contributed by atoms with E-state index in [9.17, 15) is 13.2 Å². The molecule has 1 heterocycles. The summed E-state index contributed by atoms with van der Waals surface area (Å²) in [5.74, 6) is -0.279. The second-order valence-electron chi connectivity index (χ2n) is 6.87. The summed E-state index contributed by atoms with van der Waals surface area (Å²) in [5, 5.41) is 0.0724. The monoisotopic (exact) mass is 478 g/mol. The maximum atomic E-state index is 12.7. The third-order valence-electron chi connectivity index (χ3n) is 3.28. The molecule has 2 aromatic rings. The first kappa shape index (κ1) is 21.4. The zero-order valence-corrected chi connectivity index (χ0v) is 18.8. The number of nitrogens with zero attached hydrogens (tertiary/aromatic N) is 1. The second kappa shape index (κ2) is 7.98. The van der Waals surface area contributed by atoms with Crippen molar-refractivity contribution in [2.45, 2.75) is 37.8 Å². The number of carbonyl (C=O) groups excluding carboxylic acids is 1. The van der Waals surface area contributed by atoms with Gasteiger partial charge >= 0.3 is 0 Å². The fourth-order valence-electron chi connectivity index (χ4n) is 2.26. The Morgan fingerprint density at radius 3 is 2.46 bits per heavy atom. The van der Waals surface area contributed by atoms with Crippen LogP contribution in [0.2, 0.25) is 5.02 Å². The van der Waals surface area contributed by atoms with E-state index >= 15 is 0 Å². The van der Waals surface area contributed by atoms with E-state index in [1.165, 1.54) is 23.1 Å². The van der Waals surface area contributed by atoms with Crippen molar-refractivity contribution in [3.8, 4) is 0 Å². The summed E-state index contributed by atoms with van der Waals surface area (Å²) in [5.41, 5.74) is -0.396. The molecule has 9 heteroatoms. The third kappa shape index (κ3) is 5.53. The van der Waals surface area contributed by atoms with Gasteiger partial charge in [0.15, 0.2) is 0 Å². The van der Waals surface area contributed by atoms with E-state index in [0.717, 1.165) is 8.66 Å². The zero-order valence-electron chi connectivity index (χ0n) is 14.8. The Kier molecular flexibility index (Phi) is 6.56. The molecule has 0 unspecified atom stereocenters. The molecule has 0 aliphatic carbocycles. The van der Waals surface area contributed by atoms with Crippen LogP contribution in [0.4, 0.5) is 0 Å². The van der Waals surface area contributed by atoms with Gasteiger partial charge in [-0.15, -0.1) is 11.3 Å². The van der Waals surface area contributed by atoms with E-state index in [0.29, 0.717) is 6.54 Å². The van der Waals surface area contributed by atoms with Crippen molar-refractivity contribution >= 4 is 54.8 Å². The van der Waals surface area contributed by atoms with Gasteiger partial charge in [0.05, 0.1) is 15.4 Å². The maximum absolute atomic E-state index is 12.7. The van der Waals surface area contributed by atoms with E-state index < -0.39 is 15.6 Å². The van der Waals surface area contributed by atoms with Crippen LogP contribution in [-0.2, 0) is 16.6 Å². The molecular formula is C17H20BrClN2O3S2. The Morgan fingerprint density at radius 2 is 1.92 bits per heavy atom. The molecule has 1 amide bonds. The highest BCUT2D eigenvalue weighted by atomic mass is 79.9. The number of benzene rings is 1. The van der Waals surface area contributed by atoms with Crippen LogP contribution in [-0.4, -0.2) is 31.8 Å². The fraction of sp³-hybridized carbons (Fsp3) is 0.353. The van der Waals surface area contributed by atoms with Gasteiger partial charge in [-0.05, 0) is 67.0 Å². The number of thiophene rings is 1. The Hall–Kier alpha value is -0.930. The SMILES string of the molecule is CN(Cc1ccc(Br)s1)C(=O)c1ccc(Cl)c(S(=O)(=O)NC(C)(C)C)c1. The smallest absolute Gasteiger partial charge is 0.253 e. The Bertz CT molecular complexity index is 920. The minimum absolute atomic E-state index is 0.0724. The van der Waals surface area contributed by atoms with E-state index in [2.05, 4.69) is 20.7 Å². The molecular weight excluding hydrogens is 460 g/mol. The van der Waals surface area contributed by atoms with Crippen LogP contribution in [0, 0.1) is 0 Å². The van der Waals surface area contributed by atoms with Gasteiger partial charge in [-0.2, -0.15) is 0 Å². The molecule has 1 aromatic heterocycles. The molecule has 1 aromatic carbocycles. The molecule has 2 rings (SSSR count). The van der Waals surface area contributed by atoms with Crippen LogP contribution in [0.3, 0.4) is 0 Å². The lowest BCUT2D eigenvalue weighted by molar-refractivity contribution is 0.0786. The average Bonchev–Trinajstić information content (AvgIpc) is 2.89. The van der Waals surface area contributed by atoms with Crippen molar-refractivity contribution in [2.24, 2.45) is 0 Å². The molecule has 26 heavy (non-hydrogen) atoms. The molecule has 5 nitrogen and oxygen atoms in total. The first-order valence-electron chi connectivity index (χ1n) is 7.72. The van der Waals surface area contributed by atoms with Crippen LogP contribution in [0.1, 0.15) is 36.0 Å². The van der Waals surface area contributed by atoms with Crippen LogP contribution in [0.5, 0.6) is 0 Å². The number of rotatable bonds is 5. The summed E-state index contributed by atoms with van der Waals surface area (Å²) in [6.07, 6.45) is 0. The van der Waals surface area contributed by atoms with Crippen molar-refractivity contribution in [2.75, 3.05) is 7.05 Å².